The molecule has 1 aliphatic carbocycles. The van der Waals surface area contributed by atoms with Crippen LogP contribution in [0.15, 0.2) is 18.2 Å². The molecule has 0 saturated carbocycles. The Balaban J connectivity index is 2.06. The number of Topliss-reactive ketones (excluding diaryl/α,β-unsaturated/α-hetero) is 1. The van der Waals surface area contributed by atoms with E-state index in [4.69, 9.17) is 11.6 Å². The highest BCUT2D eigenvalue weighted by molar-refractivity contribution is 6.30. The van der Waals surface area contributed by atoms with Gasteiger partial charge in [0.05, 0.1) is 0 Å². The van der Waals surface area contributed by atoms with Crippen LogP contribution in [0.25, 0.3) is 0 Å². The molecule has 0 N–H and O–H groups in total. The van der Waals surface area contributed by atoms with Crippen LogP contribution in [0.1, 0.15) is 34.7 Å². The third kappa shape index (κ3) is 1.90. The van der Waals surface area contributed by atoms with Crippen molar-refractivity contribution < 1.29 is 4.79 Å². The minimum absolute atomic E-state index is 0.294. The standard InChI is InChI=1S/C14H16ClNO/c1-16-5-4-9-6-14(17)11-3-2-10(15)7-12(11)13(9)8-16/h2-3,7,9,13H,4-6,8H2,1H3. The first-order valence-electron chi connectivity index (χ1n) is 6.16. The van der Waals surface area contributed by atoms with Gasteiger partial charge in [0.2, 0.25) is 0 Å². The van der Waals surface area contributed by atoms with E-state index in [-0.39, 0.29) is 0 Å². The highest BCUT2D eigenvalue weighted by Gasteiger charge is 2.36. The topological polar surface area (TPSA) is 20.3 Å². The second kappa shape index (κ2) is 4.11. The Morgan fingerprint density at radius 1 is 1.41 bits per heavy atom. The van der Waals surface area contributed by atoms with Gasteiger partial charge in [-0.05, 0) is 49.7 Å². The molecule has 0 bridgehead atoms. The third-order valence-electron chi connectivity index (χ3n) is 4.12. The number of piperidine rings is 1. The summed E-state index contributed by atoms with van der Waals surface area (Å²) in [6.45, 7) is 2.15. The maximum atomic E-state index is 12.1. The Morgan fingerprint density at radius 3 is 3.06 bits per heavy atom. The van der Waals surface area contributed by atoms with E-state index < -0.39 is 0 Å². The van der Waals surface area contributed by atoms with Gasteiger partial charge in [0.1, 0.15) is 0 Å². The number of halogens is 1. The molecule has 2 aliphatic rings. The lowest BCUT2D eigenvalue weighted by Crippen LogP contribution is -2.40. The number of likely N-dealkylation sites (N-methyl/N-ethyl adjacent to an activating group) is 1. The third-order valence-corrected chi connectivity index (χ3v) is 4.36. The van der Waals surface area contributed by atoms with Gasteiger partial charge in [-0.15, -0.1) is 0 Å². The molecule has 0 amide bonds. The molecule has 1 aliphatic heterocycles. The van der Waals surface area contributed by atoms with E-state index in [1.165, 1.54) is 5.56 Å². The molecule has 1 heterocycles. The molecule has 3 heteroatoms. The van der Waals surface area contributed by atoms with Crippen molar-refractivity contribution in [2.45, 2.75) is 18.8 Å². The number of rotatable bonds is 0. The number of nitrogens with zero attached hydrogens (tertiary/aromatic N) is 1. The largest absolute Gasteiger partial charge is 0.306 e. The second-order valence-electron chi connectivity index (χ2n) is 5.28. The summed E-state index contributed by atoms with van der Waals surface area (Å²) in [5, 5.41) is 0.741. The van der Waals surface area contributed by atoms with E-state index in [1.54, 1.807) is 0 Å². The van der Waals surface area contributed by atoms with Crippen molar-refractivity contribution >= 4 is 17.4 Å². The fourth-order valence-electron chi connectivity index (χ4n) is 3.20. The van der Waals surface area contributed by atoms with Crippen molar-refractivity contribution in [3.8, 4) is 0 Å². The quantitative estimate of drug-likeness (QED) is 0.705. The van der Waals surface area contributed by atoms with Gasteiger partial charge in [0, 0.05) is 29.5 Å². The van der Waals surface area contributed by atoms with Gasteiger partial charge < -0.3 is 4.90 Å². The van der Waals surface area contributed by atoms with Crippen LogP contribution in [-0.4, -0.2) is 30.8 Å². The van der Waals surface area contributed by atoms with Crippen LogP contribution >= 0.6 is 11.6 Å². The maximum Gasteiger partial charge on any atom is 0.163 e. The molecule has 1 aromatic carbocycles. The molecule has 0 aromatic heterocycles. The normalized spacial score (nSPS) is 28.7. The number of ketones is 1. The molecule has 90 valence electrons. The monoisotopic (exact) mass is 249 g/mol. The summed E-state index contributed by atoms with van der Waals surface area (Å²) >= 11 is 6.07. The summed E-state index contributed by atoms with van der Waals surface area (Å²) in [5.41, 5.74) is 2.07. The number of benzene rings is 1. The average molecular weight is 250 g/mol. The number of carbonyl (C=O) groups excluding carboxylic acids is 1. The van der Waals surface area contributed by atoms with Crippen LogP contribution in [0.3, 0.4) is 0 Å². The summed E-state index contributed by atoms with van der Waals surface area (Å²) in [6, 6.07) is 5.71. The minimum Gasteiger partial charge on any atom is -0.306 e. The van der Waals surface area contributed by atoms with E-state index in [1.807, 2.05) is 18.2 Å². The van der Waals surface area contributed by atoms with Crippen molar-refractivity contribution in [2.24, 2.45) is 5.92 Å². The molecule has 1 saturated heterocycles. The molecule has 17 heavy (non-hydrogen) atoms. The lowest BCUT2D eigenvalue weighted by molar-refractivity contribution is 0.0887. The SMILES string of the molecule is CN1CCC2CC(=O)c3ccc(Cl)cc3C2C1. The highest BCUT2D eigenvalue weighted by Crippen LogP contribution is 2.41. The zero-order valence-corrected chi connectivity index (χ0v) is 10.7. The van der Waals surface area contributed by atoms with Crippen molar-refractivity contribution in [2.75, 3.05) is 20.1 Å². The zero-order chi connectivity index (χ0) is 12.0. The Morgan fingerprint density at radius 2 is 2.24 bits per heavy atom. The Hall–Kier alpha value is -0.860. The van der Waals surface area contributed by atoms with Crippen LogP contribution < -0.4 is 0 Å². The molecule has 2 nitrogen and oxygen atoms in total. The lowest BCUT2D eigenvalue weighted by Gasteiger charge is -2.40. The number of likely N-dealkylation sites (tertiary alicyclic amines) is 1. The van der Waals surface area contributed by atoms with Crippen LogP contribution in [0, 0.1) is 5.92 Å². The van der Waals surface area contributed by atoms with Crippen LogP contribution in [0.5, 0.6) is 0 Å². The van der Waals surface area contributed by atoms with Crippen LogP contribution in [0.2, 0.25) is 5.02 Å². The fraction of sp³-hybridized carbons (Fsp3) is 0.500. The Kier molecular flexibility index (Phi) is 2.72. The summed E-state index contributed by atoms with van der Waals surface area (Å²) in [7, 11) is 2.15. The molecule has 0 spiro atoms. The summed E-state index contributed by atoms with van der Waals surface area (Å²) in [5.74, 6) is 1.30. The van der Waals surface area contributed by atoms with E-state index in [2.05, 4.69) is 11.9 Å². The van der Waals surface area contributed by atoms with Crippen molar-refractivity contribution in [1.29, 1.82) is 0 Å². The molecule has 3 rings (SSSR count). The van der Waals surface area contributed by atoms with Gasteiger partial charge >= 0.3 is 0 Å². The van der Waals surface area contributed by atoms with Gasteiger partial charge in [-0.1, -0.05) is 11.6 Å². The van der Waals surface area contributed by atoms with Gasteiger partial charge in [0.15, 0.2) is 5.78 Å². The minimum atomic E-state index is 0.294. The zero-order valence-electron chi connectivity index (χ0n) is 9.95. The smallest absolute Gasteiger partial charge is 0.163 e. The van der Waals surface area contributed by atoms with E-state index in [0.717, 1.165) is 30.1 Å². The number of carbonyl (C=O) groups is 1. The predicted molar refractivity (Wildman–Crippen MR) is 68.7 cm³/mol. The number of hydrogen-bond acceptors (Lipinski definition) is 2. The van der Waals surface area contributed by atoms with E-state index in [0.29, 0.717) is 24.0 Å². The highest BCUT2D eigenvalue weighted by atomic mass is 35.5. The van der Waals surface area contributed by atoms with E-state index >= 15 is 0 Å². The summed E-state index contributed by atoms with van der Waals surface area (Å²) in [6.07, 6.45) is 1.84. The molecule has 2 atom stereocenters. The molecule has 1 fully saturated rings. The van der Waals surface area contributed by atoms with Crippen molar-refractivity contribution in [3.05, 3.63) is 34.3 Å². The average Bonchev–Trinajstić information content (AvgIpc) is 2.30. The molecular weight excluding hydrogens is 234 g/mol. The van der Waals surface area contributed by atoms with Gasteiger partial charge in [-0.2, -0.15) is 0 Å². The maximum absolute atomic E-state index is 12.1. The van der Waals surface area contributed by atoms with E-state index in [9.17, 15) is 4.79 Å². The van der Waals surface area contributed by atoms with Crippen molar-refractivity contribution in [3.63, 3.8) is 0 Å². The number of fused-ring (bicyclic) bond motifs is 3. The van der Waals surface area contributed by atoms with Crippen LogP contribution in [-0.2, 0) is 0 Å². The van der Waals surface area contributed by atoms with Gasteiger partial charge in [-0.25, -0.2) is 0 Å². The fourth-order valence-corrected chi connectivity index (χ4v) is 3.38. The lowest BCUT2D eigenvalue weighted by atomic mass is 9.71. The summed E-state index contributed by atoms with van der Waals surface area (Å²) in [4.78, 5) is 14.4. The summed E-state index contributed by atoms with van der Waals surface area (Å²) < 4.78 is 0. The predicted octanol–water partition coefficient (Wildman–Crippen LogP) is 2.96. The first-order chi connectivity index (χ1) is 8.15. The Labute approximate surface area is 107 Å². The molecular formula is C14H16ClNO. The van der Waals surface area contributed by atoms with Gasteiger partial charge in [0.25, 0.3) is 0 Å². The first-order valence-corrected chi connectivity index (χ1v) is 6.54. The molecule has 1 aromatic rings. The van der Waals surface area contributed by atoms with Crippen LogP contribution in [0.4, 0.5) is 0 Å². The molecule has 2 unspecified atom stereocenters. The van der Waals surface area contributed by atoms with Gasteiger partial charge in [-0.3, -0.25) is 4.79 Å². The second-order valence-corrected chi connectivity index (χ2v) is 5.71. The van der Waals surface area contributed by atoms with Crippen molar-refractivity contribution in [1.82, 2.24) is 4.90 Å². The molecule has 0 radical (unpaired) electrons. The number of hydrogen-bond donors (Lipinski definition) is 0. The first kappa shape index (κ1) is 11.2. The Bertz CT molecular complexity index is 471.